The number of benzene rings is 2. The van der Waals surface area contributed by atoms with Crippen molar-refractivity contribution in [3.63, 3.8) is 0 Å². The highest BCUT2D eigenvalue weighted by Gasteiger charge is 2.02. The number of nitro benzene ring substituents is 1. The van der Waals surface area contributed by atoms with Crippen molar-refractivity contribution >= 4 is 17.1 Å². The highest BCUT2D eigenvalue weighted by atomic mass is 16.6. The molecule has 0 saturated carbocycles. The van der Waals surface area contributed by atoms with Crippen molar-refractivity contribution in [2.45, 2.75) is 0 Å². The van der Waals surface area contributed by atoms with E-state index in [4.69, 9.17) is 0 Å². The molecule has 2 N–H and O–H groups in total. The first-order valence-electron chi connectivity index (χ1n) is 5.07. The molecule has 0 amide bonds. The van der Waals surface area contributed by atoms with Crippen molar-refractivity contribution in [1.82, 2.24) is 0 Å². The number of anilines is 2. The molecule has 0 atom stereocenters. The van der Waals surface area contributed by atoms with E-state index in [0.717, 1.165) is 11.4 Å². The summed E-state index contributed by atoms with van der Waals surface area (Å²) in [7, 11) is 0. The Morgan fingerprint density at radius 1 is 0.824 bits per heavy atom. The second kappa shape index (κ2) is 4.98. The number of hydrazine groups is 1. The van der Waals surface area contributed by atoms with Crippen LogP contribution in [0.25, 0.3) is 0 Å². The Labute approximate surface area is 98.2 Å². The summed E-state index contributed by atoms with van der Waals surface area (Å²) in [6.45, 7) is 0. The highest BCUT2D eigenvalue weighted by Crippen LogP contribution is 2.15. The molecule has 0 saturated heterocycles. The van der Waals surface area contributed by atoms with E-state index in [9.17, 15) is 10.1 Å². The van der Waals surface area contributed by atoms with E-state index in [2.05, 4.69) is 10.9 Å². The molecule has 0 spiro atoms. The molecular weight excluding hydrogens is 218 g/mol. The molecular formula is C12H11N3O2. The van der Waals surface area contributed by atoms with E-state index in [-0.39, 0.29) is 5.69 Å². The van der Waals surface area contributed by atoms with Crippen LogP contribution in [0, 0.1) is 10.1 Å². The summed E-state index contributed by atoms with van der Waals surface area (Å²) in [6, 6.07) is 15.8. The van der Waals surface area contributed by atoms with Gasteiger partial charge in [0.1, 0.15) is 0 Å². The molecule has 2 aromatic rings. The number of nitro groups is 1. The van der Waals surface area contributed by atoms with Gasteiger partial charge in [0.25, 0.3) is 5.69 Å². The standard InChI is InChI=1S/C12H11N3O2/c16-15(17)12-8-6-11(7-9-12)14-13-10-4-2-1-3-5-10/h1-9,13-14H. The van der Waals surface area contributed by atoms with Crippen LogP contribution in [0.5, 0.6) is 0 Å². The Kier molecular flexibility index (Phi) is 3.20. The third-order valence-corrected chi connectivity index (χ3v) is 2.20. The minimum Gasteiger partial charge on any atom is -0.301 e. The van der Waals surface area contributed by atoms with Gasteiger partial charge < -0.3 is 10.9 Å². The lowest BCUT2D eigenvalue weighted by Gasteiger charge is -2.08. The summed E-state index contributed by atoms with van der Waals surface area (Å²) < 4.78 is 0. The average molecular weight is 229 g/mol. The fourth-order valence-corrected chi connectivity index (χ4v) is 1.33. The first-order valence-corrected chi connectivity index (χ1v) is 5.07. The number of rotatable bonds is 4. The molecule has 0 unspecified atom stereocenters. The number of nitrogens with one attached hydrogen (secondary N) is 2. The Balaban J connectivity index is 1.98. The van der Waals surface area contributed by atoms with Crippen molar-refractivity contribution < 1.29 is 4.92 Å². The quantitative estimate of drug-likeness (QED) is 0.624. The van der Waals surface area contributed by atoms with Crippen LogP contribution < -0.4 is 10.9 Å². The van der Waals surface area contributed by atoms with E-state index < -0.39 is 4.92 Å². The maximum Gasteiger partial charge on any atom is 0.269 e. The van der Waals surface area contributed by atoms with Gasteiger partial charge in [0, 0.05) is 12.1 Å². The van der Waals surface area contributed by atoms with Gasteiger partial charge in [-0.1, -0.05) is 18.2 Å². The molecule has 0 bridgehead atoms. The van der Waals surface area contributed by atoms with Crippen molar-refractivity contribution in [3.8, 4) is 0 Å². The first-order chi connectivity index (χ1) is 8.25. The minimum atomic E-state index is -0.422. The van der Waals surface area contributed by atoms with Crippen molar-refractivity contribution in [2.24, 2.45) is 0 Å². The monoisotopic (exact) mass is 229 g/mol. The fourth-order valence-electron chi connectivity index (χ4n) is 1.33. The normalized spacial score (nSPS) is 9.65. The van der Waals surface area contributed by atoms with Gasteiger partial charge in [0.05, 0.1) is 16.3 Å². The summed E-state index contributed by atoms with van der Waals surface area (Å²) >= 11 is 0. The molecule has 2 rings (SSSR count). The van der Waals surface area contributed by atoms with Gasteiger partial charge in [-0.3, -0.25) is 10.1 Å². The van der Waals surface area contributed by atoms with Crippen LogP contribution in [-0.4, -0.2) is 4.92 Å². The molecule has 0 aromatic heterocycles. The van der Waals surface area contributed by atoms with Crippen LogP contribution in [0.3, 0.4) is 0 Å². The highest BCUT2D eigenvalue weighted by molar-refractivity contribution is 5.54. The summed E-state index contributed by atoms with van der Waals surface area (Å²) in [6.07, 6.45) is 0. The number of hydrogen-bond acceptors (Lipinski definition) is 4. The molecule has 5 heteroatoms. The lowest BCUT2D eigenvalue weighted by Crippen LogP contribution is -2.08. The molecule has 0 aliphatic carbocycles. The van der Waals surface area contributed by atoms with Crippen LogP contribution in [0.2, 0.25) is 0 Å². The van der Waals surface area contributed by atoms with Crippen molar-refractivity contribution in [3.05, 3.63) is 64.7 Å². The minimum absolute atomic E-state index is 0.0789. The fraction of sp³-hybridized carbons (Fsp3) is 0. The van der Waals surface area contributed by atoms with E-state index in [1.54, 1.807) is 12.1 Å². The van der Waals surface area contributed by atoms with Crippen LogP contribution >= 0.6 is 0 Å². The predicted molar refractivity (Wildman–Crippen MR) is 66.8 cm³/mol. The zero-order chi connectivity index (χ0) is 12.1. The van der Waals surface area contributed by atoms with Crippen LogP contribution in [0.1, 0.15) is 0 Å². The largest absolute Gasteiger partial charge is 0.301 e. The summed E-state index contributed by atoms with van der Waals surface area (Å²) in [5.41, 5.74) is 7.71. The summed E-state index contributed by atoms with van der Waals surface area (Å²) in [5, 5.41) is 10.5. The smallest absolute Gasteiger partial charge is 0.269 e. The van der Waals surface area contributed by atoms with Crippen LogP contribution in [-0.2, 0) is 0 Å². The van der Waals surface area contributed by atoms with Gasteiger partial charge in [0.2, 0.25) is 0 Å². The van der Waals surface area contributed by atoms with Gasteiger partial charge >= 0.3 is 0 Å². The van der Waals surface area contributed by atoms with Crippen LogP contribution in [0.4, 0.5) is 17.1 Å². The number of nitrogens with zero attached hydrogens (tertiary/aromatic N) is 1. The maximum absolute atomic E-state index is 10.5. The molecule has 0 radical (unpaired) electrons. The van der Waals surface area contributed by atoms with Crippen molar-refractivity contribution in [1.29, 1.82) is 0 Å². The summed E-state index contributed by atoms with van der Waals surface area (Å²) in [5.74, 6) is 0. The van der Waals surface area contributed by atoms with E-state index in [0.29, 0.717) is 0 Å². The Bertz CT molecular complexity index is 497. The summed E-state index contributed by atoms with van der Waals surface area (Å²) in [4.78, 5) is 10.0. The van der Waals surface area contributed by atoms with E-state index in [1.807, 2.05) is 30.3 Å². The number of hydrogen-bond donors (Lipinski definition) is 2. The van der Waals surface area contributed by atoms with Gasteiger partial charge in [0.15, 0.2) is 0 Å². The molecule has 2 aromatic carbocycles. The molecule has 0 aliphatic rings. The maximum atomic E-state index is 10.5. The van der Waals surface area contributed by atoms with Crippen LogP contribution in [0.15, 0.2) is 54.6 Å². The lowest BCUT2D eigenvalue weighted by atomic mass is 10.3. The van der Waals surface area contributed by atoms with Gasteiger partial charge in [-0.2, -0.15) is 0 Å². The zero-order valence-corrected chi connectivity index (χ0v) is 8.96. The molecule has 0 heterocycles. The van der Waals surface area contributed by atoms with Gasteiger partial charge in [-0.15, -0.1) is 0 Å². The lowest BCUT2D eigenvalue weighted by molar-refractivity contribution is -0.384. The predicted octanol–water partition coefficient (Wildman–Crippen LogP) is 3.03. The Morgan fingerprint density at radius 3 is 1.88 bits per heavy atom. The SMILES string of the molecule is O=[N+]([O-])c1ccc(NNc2ccccc2)cc1. The molecule has 0 fully saturated rings. The third-order valence-electron chi connectivity index (χ3n) is 2.20. The second-order valence-corrected chi connectivity index (χ2v) is 3.42. The van der Waals surface area contributed by atoms with E-state index in [1.165, 1.54) is 12.1 Å². The average Bonchev–Trinajstić information content (AvgIpc) is 2.38. The van der Waals surface area contributed by atoms with Gasteiger partial charge in [-0.05, 0) is 24.3 Å². The molecule has 86 valence electrons. The van der Waals surface area contributed by atoms with E-state index >= 15 is 0 Å². The topological polar surface area (TPSA) is 67.2 Å². The van der Waals surface area contributed by atoms with Gasteiger partial charge in [-0.25, -0.2) is 0 Å². The molecule has 17 heavy (non-hydrogen) atoms. The molecule has 5 nitrogen and oxygen atoms in total. The Hall–Kier alpha value is -2.56. The number of non-ortho nitro benzene ring substituents is 1. The molecule has 0 aliphatic heterocycles. The second-order valence-electron chi connectivity index (χ2n) is 3.42. The zero-order valence-electron chi connectivity index (χ0n) is 8.96. The van der Waals surface area contributed by atoms with Crippen molar-refractivity contribution in [2.75, 3.05) is 10.9 Å². The third kappa shape index (κ3) is 2.94. The Morgan fingerprint density at radius 2 is 1.35 bits per heavy atom. The first kappa shape index (κ1) is 10.9. The number of para-hydroxylation sites is 1.